The Hall–Kier alpha value is -0.870. The fourth-order valence-electron chi connectivity index (χ4n) is 1.38. The van der Waals surface area contributed by atoms with Gasteiger partial charge in [-0.1, -0.05) is 11.6 Å². The van der Waals surface area contributed by atoms with E-state index in [0.29, 0.717) is 18.9 Å². The van der Waals surface area contributed by atoms with Gasteiger partial charge in [-0.15, -0.1) is 0 Å². The molecule has 1 saturated carbocycles. The Morgan fingerprint density at radius 2 is 1.93 bits per heavy atom. The first-order valence-corrected chi connectivity index (χ1v) is 4.43. The molecule has 1 aromatic rings. The topological polar surface area (TPSA) is 40.5 Å². The van der Waals surface area contributed by atoms with Gasteiger partial charge in [-0.05, 0) is 18.9 Å². The van der Waals surface area contributed by atoms with Gasteiger partial charge in [0.15, 0.2) is 11.6 Å². The number of phenols is 1. The molecular formula is C9H7ClF2O2. The Balaban J connectivity index is 2.68. The van der Waals surface area contributed by atoms with Gasteiger partial charge in [0, 0.05) is 0 Å². The van der Waals surface area contributed by atoms with Crippen LogP contribution in [0.15, 0.2) is 6.07 Å². The van der Waals surface area contributed by atoms with Crippen LogP contribution in [0.25, 0.3) is 0 Å². The molecule has 2 rings (SSSR count). The molecule has 0 unspecified atom stereocenters. The Bertz CT molecular complexity index is 376. The third-order valence-corrected chi connectivity index (χ3v) is 2.62. The molecule has 0 aromatic heterocycles. The van der Waals surface area contributed by atoms with Crippen LogP contribution in [0.1, 0.15) is 18.4 Å². The van der Waals surface area contributed by atoms with E-state index < -0.39 is 28.5 Å². The van der Waals surface area contributed by atoms with E-state index in [1.54, 1.807) is 0 Å². The number of aromatic hydroxyl groups is 1. The third-order valence-electron chi connectivity index (χ3n) is 2.33. The van der Waals surface area contributed by atoms with Crippen LogP contribution >= 0.6 is 11.6 Å². The Kier molecular flexibility index (Phi) is 1.94. The molecule has 1 fully saturated rings. The molecule has 0 aliphatic heterocycles. The molecule has 0 radical (unpaired) electrons. The smallest absolute Gasteiger partial charge is 0.168 e. The maximum absolute atomic E-state index is 13.2. The SMILES string of the molecule is Oc1c(Cl)cc(F)c(F)c1C1(O)CC1. The second-order valence-corrected chi connectivity index (χ2v) is 3.82. The zero-order valence-corrected chi connectivity index (χ0v) is 7.78. The Labute approximate surface area is 83.7 Å². The van der Waals surface area contributed by atoms with Gasteiger partial charge in [-0.25, -0.2) is 8.78 Å². The quantitative estimate of drug-likeness (QED) is 0.713. The summed E-state index contributed by atoms with van der Waals surface area (Å²) in [5.41, 5.74) is -1.87. The lowest BCUT2D eigenvalue weighted by atomic mass is 10.1. The van der Waals surface area contributed by atoms with Crippen molar-refractivity contribution in [2.75, 3.05) is 0 Å². The highest BCUT2D eigenvalue weighted by Gasteiger charge is 2.47. The molecular weight excluding hydrogens is 214 g/mol. The molecule has 0 heterocycles. The van der Waals surface area contributed by atoms with Gasteiger partial charge < -0.3 is 10.2 Å². The minimum atomic E-state index is -1.44. The highest BCUT2D eigenvalue weighted by molar-refractivity contribution is 6.32. The minimum absolute atomic E-state index is 0.292. The van der Waals surface area contributed by atoms with E-state index >= 15 is 0 Å². The van der Waals surface area contributed by atoms with Crippen molar-refractivity contribution >= 4 is 11.6 Å². The van der Waals surface area contributed by atoms with Crippen molar-refractivity contribution in [3.63, 3.8) is 0 Å². The summed E-state index contributed by atoms with van der Waals surface area (Å²) in [4.78, 5) is 0. The summed E-state index contributed by atoms with van der Waals surface area (Å²) < 4.78 is 26.1. The second kappa shape index (κ2) is 2.81. The van der Waals surface area contributed by atoms with Crippen LogP contribution < -0.4 is 0 Å². The zero-order chi connectivity index (χ0) is 10.5. The van der Waals surface area contributed by atoms with Gasteiger partial charge >= 0.3 is 0 Å². The lowest BCUT2D eigenvalue weighted by molar-refractivity contribution is 0.141. The summed E-state index contributed by atoms with van der Waals surface area (Å²) in [5.74, 6) is -2.97. The number of rotatable bonds is 1. The summed E-state index contributed by atoms with van der Waals surface area (Å²) in [7, 11) is 0. The van der Waals surface area contributed by atoms with Crippen LogP contribution in [0, 0.1) is 11.6 Å². The van der Waals surface area contributed by atoms with Crippen molar-refractivity contribution in [1.29, 1.82) is 0 Å². The monoisotopic (exact) mass is 220 g/mol. The van der Waals surface area contributed by atoms with E-state index in [-0.39, 0.29) is 5.02 Å². The van der Waals surface area contributed by atoms with E-state index in [2.05, 4.69) is 0 Å². The number of hydrogen-bond acceptors (Lipinski definition) is 2. The molecule has 2 nitrogen and oxygen atoms in total. The molecule has 0 atom stereocenters. The average Bonchev–Trinajstić information content (AvgIpc) is 2.81. The number of phenolic OH excluding ortho intramolecular Hbond substituents is 1. The van der Waals surface area contributed by atoms with Crippen molar-refractivity contribution in [1.82, 2.24) is 0 Å². The molecule has 0 bridgehead atoms. The molecule has 2 N–H and O–H groups in total. The van der Waals surface area contributed by atoms with Gasteiger partial charge in [0.2, 0.25) is 0 Å². The predicted octanol–water partition coefficient (Wildman–Crippen LogP) is 2.31. The number of halogens is 3. The summed E-state index contributed by atoms with van der Waals surface area (Å²) >= 11 is 5.46. The summed E-state index contributed by atoms with van der Waals surface area (Å²) in [6, 6.07) is 0.682. The molecule has 0 saturated heterocycles. The molecule has 76 valence electrons. The van der Waals surface area contributed by atoms with E-state index in [1.165, 1.54) is 0 Å². The van der Waals surface area contributed by atoms with Crippen molar-refractivity contribution in [2.45, 2.75) is 18.4 Å². The van der Waals surface area contributed by atoms with Gasteiger partial charge in [0.05, 0.1) is 16.2 Å². The number of aliphatic hydroxyl groups is 1. The molecule has 0 spiro atoms. The van der Waals surface area contributed by atoms with Crippen LogP contribution in [0.2, 0.25) is 5.02 Å². The Morgan fingerprint density at radius 3 is 2.43 bits per heavy atom. The van der Waals surface area contributed by atoms with Crippen molar-refractivity contribution in [3.05, 3.63) is 28.3 Å². The minimum Gasteiger partial charge on any atom is -0.506 e. The highest BCUT2D eigenvalue weighted by atomic mass is 35.5. The van der Waals surface area contributed by atoms with Crippen molar-refractivity contribution in [3.8, 4) is 5.75 Å². The van der Waals surface area contributed by atoms with Crippen LogP contribution in [-0.2, 0) is 5.60 Å². The lowest BCUT2D eigenvalue weighted by Crippen LogP contribution is -2.09. The van der Waals surface area contributed by atoms with E-state index in [9.17, 15) is 19.0 Å². The molecule has 0 amide bonds. The first kappa shape index (κ1) is 9.68. The number of hydrogen-bond donors (Lipinski definition) is 2. The van der Waals surface area contributed by atoms with E-state index in [0.717, 1.165) is 0 Å². The van der Waals surface area contributed by atoms with E-state index in [1.807, 2.05) is 0 Å². The molecule has 1 aliphatic rings. The summed E-state index contributed by atoms with van der Waals surface area (Å²) in [6.07, 6.45) is 0.606. The van der Waals surface area contributed by atoms with Crippen LogP contribution in [0.5, 0.6) is 5.75 Å². The number of benzene rings is 1. The van der Waals surface area contributed by atoms with Gasteiger partial charge in [0.25, 0.3) is 0 Å². The fraction of sp³-hybridized carbons (Fsp3) is 0.333. The molecule has 1 aliphatic carbocycles. The lowest BCUT2D eigenvalue weighted by Gasteiger charge is -2.12. The van der Waals surface area contributed by atoms with Gasteiger partial charge in [-0.2, -0.15) is 0 Å². The van der Waals surface area contributed by atoms with Crippen LogP contribution in [-0.4, -0.2) is 10.2 Å². The molecule has 1 aromatic carbocycles. The van der Waals surface area contributed by atoms with Crippen molar-refractivity contribution in [2.24, 2.45) is 0 Å². The van der Waals surface area contributed by atoms with Gasteiger partial charge in [0.1, 0.15) is 5.75 Å². The van der Waals surface area contributed by atoms with Crippen LogP contribution in [0.4, 0.5) is 8.78 Å². The predicted molar refractivity (Wildman–Crippen MR) is 46.2 cm³/mol. The highest BCUT2D eigenvalue weighted by Crippen LogP contribution is 2.51. The fourth-order valence-corrected chi connectivity index (χ4v) is 1.57. The average molecular weight is 221 g/mol. The zero-order valence-electron chi connectivity index (χ0n) is 7.02. The van der Waals surface area contributed by atoms with E-state index in [4.69, 9.17) is 11.6 Å². The maximum atomic E-state index is 13.2. The first-order chi connectivity index (χ1) is 6.46. The molecule has 5 heteroatoms. The normalized spacial score (nSPS) is 18.3. The standard InChI is InChI=1S/C9H7ClF2O2/c10-4-3-5(11)7(12)6(8(4)13)9(14)1-2-9/h3,13-14H,1-2H2. The van der Waals surface area contributed by atoms with Crippen LogP contribution in [0.3, 0.4) is 0 Å². The van der Waals surface area contributed by atoms with Gasteiger partial charge in [-0.3, -0.25) is 0 Å². The maximum Gasteiger partial charge on any atom is 0.168 e. The Morgan fingerprint density at radius 1 is 1.36 bits per heavy atom. The molecule has 14 heavy (non-hydrogen) atoms. The third kappa shape index (κ3) is 1.26. The van der Waals surface area contributed by atoms with Crippen molar-refractivity contribution < 1.29 is 19.0 Å². The second-order valence-electron chi connectivity index (χ2n) is 3.41. The summed E-state index contributed by atoms with van der Waals surface area (Å²) in [5, 5.41) is 18.7. The first-order valence-electron chi connectivity index (χ1n) is 4.05. The summed E-state index contributed by atoms with van der Waals surface area (Å²) in [6.45, 7) is 0. The largest absolute Gasteiger partial charge is 0.506 e.